The van der Waals surface area contributed by atoms with E-state index in [2.05, 4.69) is 28.3 Å². The Morgan fingerprint density at radius 2 is 2.11 bits per heavy atom. The van der Waals surface area contributed by atoms with Crippen LogP contribution in [0.3, 0.4) is 0 Å². The first-order valence-electron chi connectivity index (χ1n) is 6.97. The quantitative estimate of drug-likeness (QED) is 0.891. The van der Waals surface area contributed by atoms with Crippen molar-refractivity contribution in [1.29, 1.82) is 0 Å². The molecule has 0 radical (unpaired) electrons. The topological polar surface area (TPSA) is 28.3 Å². The molecule has 1 saturated heterocycles. The molecule has 5 rings (SSSR count). The minimum Gasteiger partial charge on any atom is -0.496 e. The van der Waals surface area contributed by atoms with Crippen molar-refractivity contribution in [2.45, 2.75) is 12.8 Å². The Balaban J connectivity index is 1.92. The average Bonchev–Trinajstić information content (AvgIpc) is 2.92. The second kappa shape index (κ2) is 4.05. The maximum atomic E-state index is 5.54. The predicted octanol–water partition coefficient (Wildman–Crippen LogP) is 3.24. The minimum absolute atomic E-state index is 0.717. The third kappa shape index (κ3) is 1.57. The van der Waals surface area contributed by atoms with Gasteiger partial charge in [-0.05, 0) is 36.5 Å². The number of H-pyrrole nitrogens is 1. The molecule has 0 amide bonds. The van der Waals surface area contributed by atoms with Crippen LogP contribution in [0.5, 0.6) is 5.75 Å². The minimum atomic E-state index is 0.717. The maximum absolute atomic E-state index is 5.54. The highest BCUT2D eigenvalue weighted by molar-refractivity contribution is 5.97. The summed E-state index contributed by atoms with van der Waals surface area (Å²) >= 11 is 0. The summed E-state index contributed by atoms with van der Waals surface area (Å²) in [5.74, 6) is 1.68. The number of hydrogen-bond acceptors (Lipinski definition) is 2. The molecule has 2 aromatic rings. The molecular formula is C16H18N2O. The number of fused-ring (bicyclic) bond motifs is 3. The first-order valence-corrected chi connectivity index (χ1v) is 6.97. The highest BCUT2D eigenvalue weighted by Crippen LogP contribution is 2.42. The highest BCUT2D eigenvalue weighted by Gasteiger charge is 2.29. The molecule has 1 aromatic heterocycles. The van der Waals surface area contributed by atoms with E-state index >= 15 is 0 Å². The number of methoxy groups -OCH3 is 1. The van der Waals surface area contributed by atoms with Gasteiger partial charge in [0.1, 0.15) is 5.75 Å². The molecule has 2 bridgehead atoms. The smallest absolute Gasteiger partial charge is 0.128 e. The largest absolute Gasteiger partial charge is 0.496 e. The third-order valence-electron chi connectivity index (χ3n) is 4.49. The molecule has 0 aliphatic carbocycles. The molecular weight excluding hydrogens is 236 g/mol. The van der Waals surface area contributed by atoms with Crippen LogP contribution in [0.4, 0.5) is 0 Å². The Kier molecular flexibility index (Phi) is 2.34. The highest BCUT2D eigenvalue weighted by atomic mass is 16.5. The van der Waals surface area contributed by atoms with Crippen molar-refractivity contribution in [2.24, 2.45) is 5.92 Å². The van der Waals surface area contributed by atoms with Gasteiger partial charge in [-0.3, -0.25) is 0 Å². The second-order valence-corrected chi connectivity index (χ2v) is 5.48. The fraction of sp³-hybridized carbons (Fsp3) is 0.375. The van der Waals surface area contributed by atoms with Gasteiger partial charge in [0, 0.05) is 42.0 Å². The molecule has 98 valence electrons. The van der Waals surface area contributed by atoms with Gasteiger partial charge in [-0.25, -0.2) is 0 Å². The number of nitrogens with one attached hydrogen (secondary N) is 1. The Morgan fingerprint density at radius 3 is 2.79 bits per heavy atom. The van der Waals surface area contributed by atoms with Crippen molar-refractivity contribution < 1.29 is 4.74 Å². The van der Waals surface area contributed by atoms with Gasteiger partial charge in [-0.2, -0.15) is 0 Å². The molecule has 1 N–H and O–H groups in total. The molecule has 1 fully saturated rings. The monoisotopic (exact) mass is 254 g/mol. The summed E-state index contributed by atoms with van der Waals surface area (Å²) in [7, 11) is 1.75. The lowest BCUT2D eigenvalue weighted by molar-refractivity contribution is 0.252. The van der Waals surface area contributed by atoms with Gasteiger partial charge in [0.05, 0.1) is 7.11 Å². The molecule has 0 unspecified atom stereocenters. The van der Waals surface area contributed by atoms with Gasteiger partial charge in [0.2, 0.25) is 0 Å². The predicted molar refractivity (Wildman–Crippen MR) is 77.1 cm³/mol. The summed E-state index contributed by atoms with van der Waals surface area (Å²) in [6.07, 6.45) is 7.06. The van der Waals surface area contributed by atoms with E-state index in [1.807, 2.05) is 12.1 Å². The summed E-state index contributed by atoms with van der Waals surface area (Å²) < 4.78 is 5.54. The lowest BCUT2D eigenvalue weighted by atomic mass is 9.82. The number of rotatable bonds is 2. The van der Waals surface area contributed by atoms with Crippen LogP contribution in [0.25, 0.3) is 16.5 Å². The van der Waals surface area contributed by atoms with Gasteiger partial charge in [-0.15, -0.1) is 0 Å². The summed E-state index contributed by atoms with van der Waals surface area (Å²) in [4.78, 5) is 5.83. The van der Waals surface area contributed by atoms with Crippen molar-refractivity contribution in [3.63, 3.8) is 0 Å². The molecule has 0 spiro atoms. The van der Waals surface area contributed by atoms with Crippen LogP contribution in [0.15, 0.2) is 30.6 Å². The zero-order chi connectivity index (χ0) is 12.8. The lowest BCUT2D eigenvalue weighted by Crippen LogP contribution is -2.35. The van der Waals surface area contributed by atoms with Crippen LogP contribution in [-0.2, 0) is 0 Å². The van der Waals surface area contributed by atoms with Gasteiger partial charge in [-0.1, -0.05) is 6.07 Å². The molecule has 3 nitrogen and oxygen atoms in total. The molecule has 1 aromatic carbocycles. The van der Waals surface area contributed by atoms with Crippen molar-refractivity contribution in [3.8, 4) is 5.75 Å². The summed E-state index contributed by atoms with van der Waals surface area (Å²) in [5, 5.41) is 1.23. The molecule has 4 heterocycles. The van der Waals surface area contributed by atoms with Gasteiger partial charge in [0.15, 0.2) is 0 Å². The Bertz CT molecular complexity index is 648. The number of ether oxygens (including phenoxy) is 1. The van der Waals surface area contributed by atoms with Gasteiger partial charge < -0.3 is 14.6 Å². The number of allylic oxidation sites excluding steroid dienone is 1. The fourth-order valence-electron chi connectivity index (χ4n) is 3.48. The molecule has 0 atom stereocenters. The number of piperidine rings is 1. The van der Waals surface area contributed by atoms with E-state index in [-0.39, 0.29) is 0 Å². The van der Waals surface area contributed by atoms with Crippen molar-refractivity contribution in [1.82, 2.24) is 9.88 Å². The summed E-state index contributed by atoms with van der Waals surface area (Å²) in [6.45, 7) is 2.43. The Hall–Kier alpha value is -1.90. The first-order chi connectivity index (χ1) is 9.36. The van der Waals surface area contributed by atoms with Crippen molar-refractivity contribution in [2.75, 3.05) is 20.2 Å². The van der Waals surface area contributed by atoms with E-state index in [0.717, 1.165) is 11.3 Å². The van der Waals surface area contributed by atoms with Crippen molar-refractivity contribution >= 4 is 16.5 Å². The first kappa shape index (κ1) is 11.0. The van der Waals surface area contributed by atoms with E-state index in [9.17, 15) is 0 Å². The number of aromatic amines is 1. The van der Waals surface area contributed by atoms with Crippen LogP contribution < -0.4 is 4.74 Å². The van der Waals surface area contributed by atoms with E-state index in [1.165, 1.54) is 42.5 Å². The van der Waals surface area contributed by atoms with E-state index < -0.39 is 0 Å². The summed E-state index contributed by atoms with van der Waals surface area (Å²) in [6, 6.07) is 6.19. The number of benzene rings is 1. The third-order valence-corrected chi connectivity index (χ3v) is 4.49. The van der Waals surface area contributed by atoms with Crippen LogP contribution >= 0.6 is 0 Å². The lowest BCUT2D eigenvalue weighted by Gasteiger charge is -2.39. The second-order valence-electron chi connectivity index (χ2n) is 5.48. The summed E-state index contributed by atoms with van der Waals surface area (Å²) in [5.41, 5.74) is 3.96. The van der Waals surface area contributed by atoms with Crippen LogP contribution in [0, 0.1) is 5.92 Å². The van der Waals surface area contributed by atoms with Gasteiger partial charge in [0.25, 0.3) is 0 Å². The maximum Gasteiger partial charge on any atom is 0.128 e. The molecule has 3 aliphatic heterocycles. The Labute approximate surface area is 112 Å². The molecule has 3 aliphatic rings. The van der Waals surface area contributed by atoms with Gasteiger partial charge >= 0.3 is 0 Å². The Morgan fingerprint density at radius 1 is 1.26 bits per heavy atom. The average molecular weight is 254 g/mol. The van der Waals surface area contributed by atoms with Crippen LogP contribution in [0.1, 0.15) is 18.4 Å². The van der Waals surface area contributed by atoms with Crippen molar-refractivity contribution in [3.05, 3.63) is 36.2 Å². The van der Waals surface area contributed by atoms with Crippen LogP contribution in [-0.4, -0.2) is 30.1 Å². The molecule has 19 heavy (non-hydrogen) atoms. The number of hydrogen-bond donors (Lipinski definition) is 1. The number of aromatic nitrogens is 1. The fourth-order valence-corrected chi connectivity index (χ4v) is 3.48. The molecule has 0 saturated carbocycles. The normalized spacial score (nSPS) is 19.0. The number of nitrogens with zero attached hydrogens (tertiary/aromatic N) is 1. The standard InChI is InChI=1S/C16H18N2O/c1-19-15-4-2-3-14-16(15)12(9-17-14)13-10-18-7-5-11(13)6-8-18/h2-4,9-11,17H,5-8H2,1H3. The zero-order valence-electron chi connectivity index (χ0n) is 11.1. The zero-order valence-corrected chi connectivity index (χ0v) is 11.1. The van der Waals surface area contributed by atoms with Crippen LogP contribution in [0.2, 0.25) is 0 Å². The molecule has 3 heteroatoms. The van der Waals surface area contributed by atoms with E-state index in [4.69, 9.17) is 4.74 Å². The SMILES string of the molecule is COc1cccc2[nH]cc(C3=CN4CCC3CC4)c12. The van der Waals surface area contributed by atoms with E-state index in [0.29, 0.717) is 5.92 Å². The van der Waals surface area contributed by atoms with E-state index in [1.54, 1.807) is 7.11 Å².